The molecule has 4 heterocycles. The topological polar surface area (TPSA) is 25.8 Å². The Kier molecular flexibility index (Phi) is 7.33. The van der Waals surface area contributed by atoms with E-state index in [-0.39, 0.29) is 21.1 Å². The van der Waals surface area contributed by atoms with Gasteiger partial charge in [-0.1, -0.05) is 34.0 Å². The molecule has 0 N–H and O–H groups in total. The molecule has 5 heteroatoms. The molecule has 4 aromatic heterocycles. The third kappa shape index (κ3) is 5.21. The van der Waals surface area contributed by atoms with Crippen LogP contribution < -0.4 is 0 Å². The fourth-order valence-electron chi connectivity index (χ4n) is 1.75. The summed E-state index contributed by atoms with van der Waals surface area (Å²) in [6, 6.07) is 21.8. The molecule has 0 spiro atoms. The monoisotopic (exact) mass is 515 g/mol. The van der Waals surface area contributed by atoms with Gasteiger partial charge < -0.3 is 9.97 Å². The Hall–Kier alpha value is -1.61. The fraction of sp³-hybridized carbons (Fsp3) is 0. The summed E-state index contributed by atoms with van der Waals surface area (Å²) in [7, 11) is 0. The van der Waals surface area contributed by atoms with Gasteiger partial charge in [-0.2, -0.15) is 24.3 Å². The van der Waals surface area contributed by atoms with Crippen LogP contribution in [-0.4, -0.2) is 9.97 Å². The zero-order chi connectivity index (χ0) is 15.0. The first kappa shape index (κ1) is 17.7. The molecular weight excluding hydrogens is 503 g/mol. The summed E-state index contributed by atoms with van der Waals surface area (Å²) in [5.41, 5.74) is 2.00. The van der Waals surface area contributed by atoms with Gasteiger partial charge >= 0.3 is 21.1 Å². The first-order valence-corrected chi connectivity index (χ1v) is 8.42. The SMILES string of the molecule is [Pt+2].[c-]1ccsc1-c1ccccn1.[c-]1ccsc1-c1ccccn1. The summed E-state index contributed by atoms with van der Waals surface area (Å²) in [5, 5.41) is 4.01. The Morgan fingerprint density at radius 2 is 1.17 bits per heavy atom. The van der Waals surface area contributed by atoms with E-state index >= 15 is 0 Å². The maximum Gasteiger partial charge on any atom is 2.00 e. The van der Waals surface area contributed by atoms with Crippen LogP contribution >= 0.6 is 22.7 Å². The van der Waals surface area contributed by atoms with Crippen LogP contribution in [0.25, 0.3) is 21.1 Å². The first-order valence-electron chi connectivity index (χ1n) is 6.66. The van der Waals surface area contributed by atoms with Crippen LogP contribution in [0.1, 0.15) is 0 Å². The van der Waals surface area contributed by atoms with E-state index in [4.69, 9.17) is 0 Å². The summed E-state index contributed by atoms with van der Waals surface area (Å²) in [5.74, 6) is 0. The van der Waals surface area contributed by atoms with Gasteiger partial charge in [0.2, 0.25) is 0 Å². The van der Waals surface area contributed by atoms with Crippen LogP contribution in [0.4, 0.5) is 0 Å². The molecule has 23 heavy (non-hydrogen) atoms. The van der Waals surface area contributed by atoms with E-state index in [2.05, 4.69) is 22.1 Å². The van der Waals surface area contributed by atoms with E-state index in [1.54, 1.807) is 35.1 Å². The summed E-state index contributed by atoms with van der Waals surface area (Å²) in [4.78, 5) is 10.6. The van der Waals surface area contributed by atoms with Gasteiger partial charge in [0.15, 0.2) is 0 Å². The second kappa shape index (κ2) is 9.51. The number of hydrogen-bond acceptors (Lipinski definition) is 4. The van der Waals surface area contributed by atoms with Gasteiger partial charge in [0.25, 0.3) is 0 Å². The molecule has 0 unspecified atom stereocenters. The van der Waals surface area contributed by atoms with Crippen molar-refractivity contribution < 1.29 is 21.1 Å². The van der Waals surface area contributed by atoms with Crippen molar-refractivity contribution in [3.63, 3.8) is 0 Å². The molecule has 0 aliphatic heterocycles. The summed E-state index contributed by atoms with van der Waals surface area (Å²) >= 11 is 3.32. The van der Waals surface area contributed by atoms with E-state index in [0.717, 1.165) is 21.1 Å². The predicted octanol–water partition coefficient (Wildman–Crippen LogP) is 5.22. The molecular formula is C18H12N2PtS2. The molecule has 4 rings (SSSR count). The van der Waals surface area contributed by atoms with Crippen LogP contribution in [0.3, 0.4) is 0 Å². The minimum absolute atomic E-state index is 0. The molecule has 0 bridgehead atoms. The Labute approximate surface area is 158 Å². The van der Waals surface area contributed by atoms with Gasteiger partial charge in [-0.25, -0.2) is 22.7 Å². The van der Waals surface area contributed by atoms with Crippen molar-refractivity contribution in [1.82, 2.24) is 9.97 Å². The minimum Gasteiger partial charge on any atom is -0.319 e. The minimum atomic E-state index is 0. The molecule has 0 amide bonds. The molecule has 0 aliphatic carbocycles. The van der Waals surface area contributed by atoms with Crippen molar-refractivity contribution in [2.24, 2.45) is 0 Å². The fourth-order valence-corrected chi connectivity index (χ4v) is 3.05. The van der Waals surface area contributed by atoms with Crippen LogP contribution in [-0.2, 0) is 21.1 Å². The van der Waals surface area contributed by atoms with Gasteiger partial charge in [0.1, 0.15) is 0 Å². The molecule has 116 valence electrons. The van der Waals surface area contributed by atoms with Gasteiger partial charge in [-0.05, 0) is 23.5 Å². The number of rotatable bonds is 2. The molecule has 0 saturated heterocycles. The molecule has 0 aliphatic rings. The van der Waals surface area contributed by atoms with Crippen LogP contribution in [0.15, 0.2) is 71.7 Å². The molecule has 0 radical (unpaired) electrons. The van der Waals surface area contributed by atoms with Crippen molar-refractivity contribution in [2.75, 3.05) is 0 Å². The Morgan fingerprint density at radius 1 is 0.696 bits per heavy atom. The Balaban J connectivity index is 0.000000160. The third-order valence-corrected chi connectivity index (χ3v) is 4.40. The first-order chi connectivity index (χ1) is 10.9. The van der Waals surface area contributed by atoms with Gasteiger partial charge in [0.05, 0.1) is 0 Å². The van der Waals surface area contributed by atoms with Crippen molar-refractivity contribution in [1.29, 1.82) is 0 Å². The standard InChI is InChI=1S/2C9H6NS.Pt/c2*1-2-6-10-8(4-1)9-5-3-7-11-9;/h2*1-4,6-7H;/q2*-1;+2. The number of aromatic nitrogens is 2. The van der Waals surface area contributed by atoms with Crippen LogP contribution in [0, 0.1) is 12.1 Å². The van der Waals surface area contributed by atoms with Gasteiger partial charge in [0, 0.05) is 12.4 Å². The second-order valence-corrected chi connectivity index (χ2v) is 6.05. The zero-order valence-corrected chi connectivity index (χ0v) is 15.9. The van der Waals surface area contributed by atoms with Crippen molar-refractivity contribution in [3.8, 4) is 21.1 Å². The Morgan fingerprint density at radius 3 is 1.48 bits per heavy atom. The Bertz CT molecular complexity index is 701. The maximum absolute atomic E-state index is 4.20. The summed E-state index contributed by atoms with van der Waals surface area (Å²) in [6.07, 6.45) is 3.59. The molecule has 4 aromatic rings. The third-order valence-electron chi connectivity index (χ3n) is 2.73. The van der Waals surface area contributed by atoms with Gasteiger partial charge in [-0.15, -0.1) is 10.8 Å². The second-order valence-electron chi connectivity index (χ2n) is 4.22. The average Bonchev–Trinajstić information content (AvgIpc) is 3.31. The predicted molar refractivity (Wildman–Crippen MR) is 92.8 cm³/mol. The smallest absolute Gasteiger partial charge is 0.319 e. The van der Waals surface area contributed by atoms with E-state index in [1.165, 1.54) is 0 Å². The van der Waals surface area contributed by atoms with E-state index in [9.17, 15) is 0 Å². The quantitative estimate of drug-likeness (QED) is 0.342. The van der Waals surface area contributed by atoms with E-state index in [0.29, 0.717) is 0 Å². The van der Waals surface area contributed by atoms with Crippen molar-refractivity contribution >= 4 is 22.7 Å². The van der Waals surface area contributed by atoms with Crippen LogP contribution in [0.5, 0.6) is 0 Å². The molecule has 2 nitrogen and oxygen atoms in total. The molecule has 0 aromatic carbocycles. The van der Waals surface area contributed by atoms with Crippen molar-refractivity contribution in [2.45, 2.75) is 0 Å². The summed E-state index contributed by atoms with van der Waals surface area (Å²) < 4.78 is 0. The maximum atomic E-state index is 4.20. The average molecular weight is 516 g/mol. The number of thiophene rings is 2. The number of nitrogens with zero attached hydrogens (tertiary/aromatic N) is 2. The molecule has 0 saturated carbocycles. The zero-order valence-electron chi connectivity index (χ0n) is 12.0. The van der Waals surface area contributed by atoms with Crippen molar-refractivity contribution in [3.05, 3.63) is 83.8 Å². The van der Waals surface area contributed by atoms with Crippen LogP contribution in [0.2, 0.25) is 0 Å². The number of pyridine rings is 2. The van der Waals surface area contributed by atoms with Gasteiger partial charge in [-0.3, -0.25) is 0 Å². The normalized spacial score (nSPS) is 9.39. The number of hydrogen-bond donors (Lipinski definition) is 0. The summed E-state index contributed by atoms with van der Waals surface area (Å²) in [6.45, 7) is 0. The largest absolute Gasteiger partial charge is 2.00 e. The molecule has 0 fully saturated rings. The molecule has 0 atom stereocenters. The van der Waals surface area contributed by atoms with E-state index < -0.39 is 0 Å². The van der Waals surface area contributed by atoms with E-state index in [1.807, 2.05) is 59.3 Å².